The Hall–Kier alpha value is -4.82. The summed E-state index contributed by atoms with van der Waals surface area (Å²) in [6.45, 7) is 4.12. The number of thiocarbonyl (C=S) groups is 1. The number of amides is 2. The summed E-state index contributed by atoms with van der Waals surface area (Å²) in [5, 5.41) is 6.81. The number of anilines is 2. The first kappa shape index (κ1) is 30.6. The monoisotopic (exact) mass is 634 g/mol. The van der Waals surface area contributed by atoms with E-state index in [1.54, 1.807) is 72.6 Å². The molecule has 2 heterocycles. The Bertz CT molecular complexity index is 1850. The molecule has 4 aromatic rings. The van der Waals surface area contributed by atoms with E-state index in [-0.39, 0.29) is 34.2 Å². The molecule has 0 saturated carbocycles. The SMILES string of the molecule is CCOc1ccc(NC(=O)CC2C(=O)N(c3ccccc3)C(=S)N2Cc2/c(=N/S(=O)(=O)c3ccc(C)cc3)o[n-][n+]2C)cc1. The number of carbonyl (C=O) groups is 2. The average Bonchev–Trinajstić information content (AvgIpc) is 3.45. The first-order valence-electron chi connectivity index (χ1n) is 13.7. The number of rotatable bonds is 10. The molecular weight excluding hydrogens is 605 g/mol. The molecule has 0 spiro atoms. The predicted octanol–water partition coefficient (Wildman–Crippen LogP) is 2.59. The van der Waals surface area contributed by atoms with Crippen LogP contribution in [0.4, 0.5) is 11.4 Å². The lowest BCUT2D eigenvalue weighted by atomic mass is 10.1. The zero-order valence-electron chi connectivity index (χ0n) is 24.2. The quantitative estimate of drug-likeness (QED) is 0.206. The molecule has 0 bridgehead atoms. The first-order valence-corrected chi connectivity index (χ1v) is 15.5. The van der Waals surface area contributed by atoms with Crippen molar-refractivity contribution >= 4 is 50.5 Å². The van der Waals surface area contributed by atoms with Gasteiger partial charge in [-0.25, -0.2) is 4.68 Å². The van der Waals surface area contributed by atoms with Crippen LogP contribution in [0.5, 0.6) is 5.75 Å². The molecule has 228 valence electrons. The number of sulfonamides is 1. The summed E-state index contributed by atoms with van der Waals surface area (Å²) in [5.74, 6) is -0.164. The van der Waals surface area contributed by atoms with Crippen LogP contribution in [0, 0.1) is 6.92 Å². The molecule has 5 rings (SSSR count). The van der Waals surface area contributed by atoms with Crippen LogP contribution in [0.2, 0.25) is 0 Å². The van der Waals surface area contributed by atoms with E-state index in [1.165, 1.54) is 21.7 Å². The molecule has 0 aliphatic carbocycles. The van der Waals surface area contributed by atoms with Crippen LogP contribution < -0.4 is 30.5 Å². The highest BCUT2D eigenvalue weighted by Crippen LogP contribution is 2.28. The van der Waals surface area contributed by atoms with Crippen LogP contribution >= 0.6 is 12.2 Å². The van der Waals surface area contributed by atoms with Crippen LogP contribution in [-0.4, -0.2) is 42.9 Å². The molecule has 1 saturated heterocycles. The van der Waals surface area contributed by atoms with Gasteiger partial charge in [0.2, 0.25) is 5.91 Å². The summed E-state index contributed by atoms with van der Waals surface area (Å²) >= 11 is 5.75. The number of aryl methyl sites for hydroxylation is 2. The van der Waals surface area contributed by atoms with Gasteiger partial charge in [-0.2, -0.15) is 8.42 Å². The second-order valence-electron chi connectivity index (χ2n) is 9.97. The van der Waals surface area contributed by atoms with Gasteiger partial charge >= 0.3 is 0 Å². The summed E-state index contributed by atoms with van der Waals surface area (Å²) < 4.78 is 42.1. The van der Waals surface area contributed by atoms with Crippen molar-refractivity contribution in [3.63, 3.8) is 0 Å². The Balaban J connectivity index is 1.46. The fourth-order valence-electron chi connectivity index (χ4n) is 4.63. The number of nitrogens with one attached hydrogen (secondary N) is 1. The molecule has 0 radical (unpaired) electrons. The highest BCUT2D eigenvalue weighted by molar-refractivity contribution is 7.90. The molecular formula is C30H30N6O6S2. The minimum absolute atomic E-state index is 0.0148. The van der Waals surface area contributed by atoms with E-state index in [4.69, 9.17) is 21.5 Å². The molecule has 1 aliphatic rings. The van der Waals surface area contributed by atoms with Crippen LogP contribution in [0.25, 0.3) is 0 Å². The number of benzene rings is 3. The molecule has 1 unspecified atom stereocenters. The van der Waals surface area contributed by atoms with Gasteiger partial charge in [0.25, 0.3) is 27.2 Å². The van der Waals surface area contributed by atoms with Crippen LogP contribution in [0.15, 0.2) is 92.7 Å². The lowest BCUT2D eigenvalue weighted by molar-refractivity contribution is -0.752. The normalized spacial score (nSPS) is 15.6. The molecule has 2 amide bonds. The molecule has 12 nitrogen and oxygen atoms in total. The Labute approximate surface area is 259 Å². The third-order valence-electron chi connectivity index (χ3n) is 6.89. The topological polar surface area (TPSA) is 140 Å². The highest BCUT2D eigenvalue weighted by Gasteiger charge is 2.45. The molecule has 3 aromatic carbocycles. The van der Waals surface area contributed by atoms with Gasteiger partial charge in [-0.15, -0.1) is 4.40 Å². The second kappa shape index (κ2) is 12.8. The van der Waals surface area contributed by atoms with Gasteiger partial charge in [0.05, 0.1) is 23.6 Å². The number of ether oxygens (including phenoxy) is 1. The number of hydrogen-bond donors (Lipinski definition) is 1. The number of para-hydroxylation sites is 1. The van der Waals surface area contributed by atoms with E-state index in [0.29, 0.717) is 23.7 Å². The smallest absolute Gasteiger partial charge is 0.289 e. The van der Waals surface area contributed by atoms with E-state index < -0.39 is 27.9 Å². The summed E-state index contributed by atoms with van der Waals surface area (Å²) in [6.07, 6.45) is -0.237. The standard InChI is InChI=1S/C30H30N6O6S2/c1-4-41-23-14-12-21(13-15-23)31-27(37)18-25-29(38)36(22-8-6-5-7-9-22)30(43)35(25)19-26-28(42-33-34(26)3)32-44(39,40)24-16-10-20(2)11-17-24/h5-17,25H,4,18-19H2,1-3H3,(H,31,37)/b32-28-. The van der Waals surface area contributed by atoms with Gasteiger partial charge in [-0.05, 0) is 74.6 Å². The average molecular weight is 635 g/mol. The van der Waals surface area contributed by atoms with E-state index in [9.17, 15) is 18.0 Å². The van der Waals surface area contributed by atoms with Crippen LogP contribution in [0.3, 0.4) is 0 Å². The number of carbonyl (C=O) groups excluding carboxylic acids is 2. The zero-order valence-corrected chi connectivity index (χ0v) is 25.8. The van der Waals surface area contributed by atoms with Crippen molar-refractivity contribution in [2.45, 2.75) is 37.8 Å². The van der Waals surface area contributed by atoms with Gasteiger partial charge in [0, 0.05) is 5.69 Å². The number of aromatic nitrogens is 2. The molecule has 1 aliphatic heterocycles. The van der Waals surface area contributed by atoms with Gasteiger partial charge < -0.3 is 19.5 Å². The van der Waals surface area contributed by atoms with E-state index >= 15 is 0 Å². The van der Waals surface area contributed by atoms with Gasteiger partial charge in [0.15, 0.2) is 5.11 Å². The van der Waals surface area contributed by atoms with Gasteiger partial charge in [-0.3, -0.25) is 19.8 Å². The predicted molar refractivity (Wildman–Crippen MR) is 164 cm³/mol. The van der Waals surface area contributed by atoms with Crippen molar-refractivity contribution in [1.29, 1.82) is 0 Å². The molecule has 1 atom stereocenters. The molecule has 14 heteroatoms. The van der Waals surface area contributed by atoms with Crippen LogP contribution in [0.1, 0.15) is 24.6 Å². The van der Waals surface area contributed by atoms with E-state index in [0.717, 1.165) is 5.56 Å². The van der Waals surface area contributed by atoms with E-state index in [1.807, 2.05) is 19.9 Å². The van der Waals surface area contributed by atoms with Gasteiger partial charge in [0.1, 0.15) is 25.4 Å². The summed E-state index contributed by atoms with van der Waals surface area (Å²) in [6, 6.07) is 20.9. The molecule has 1 fully saturated rings. The molecule has 1 N–H and O–H groups in total. The molecule has 1 aromatic heterocycles. The summed E-state index contributed by atoms with van der Waals surface area (Å²) in [4.78, 5) is 29.9. The lowest BCUT2D eigenvalue weighted by Crippen LogP contribution is -2.45. The fraction of sp³-hybridized carbons (Fsp3) is 0.233. The van der Waals surface area contributed by atoms with Crippen molar-refractivity contribution in [2.24, 2.45) is 11.4 Å². The fourth-order valence-corrected chi connectivity index (χ4v) is 5.96. The maximum Gasteiger partial charge on any atom is 0.289 e. The highest BCUT2D eigenvalue weighted by atomic mass is 32.2. The van der Waals surface area contributed by atoms with Crippen molar-refractivity contribution in [1.82, 2.24) is 10.2 Å². The Morgan fingerprint density at radius 1 is 1.09 bits per heavy atom. The lowest BCUT2D eigenvalue weighted by Gasteiger charge is -2.22. The minimum atomic E-state index is -4.15. The Morgan fingerprint density at radius 3 is 2.43 bits per heavy atom. The summed E-state index contributed by atoms with van der Waals surface area (Å²) in [7, 11) is -2.59. The van der Waals surface area contributed by atoms with Crippen molar-refractivity contribution in [3.8, 4) is 5.75 Å². The zero-order chi connectivity index (χ0) is 31.4. The third kappa shape index (κ3) is 6.55. The van der Waals surface area contributed by atoms with Crippen molar-refractivity contribution < 1.29 is 31.9 Å². The Morgan fingerprint density at radius 2 is 1.77 bits per heavy atom. The minimum Gasteiger partial charge on any atom is -0.494 e. The number of hydrogen-bond acceptors (Lipinski definition) is 7. The maximum absolute atomic E-state index is 13.8. The van der Waals surface area contributed by atoms with Crippen molar-refractivity contribution in [3.05, 3.63) is 95.7 Å². The summed E-state index contributed by atoms with van der Waals surface area (Å²) in [5.41, 5.74) is 1.93. The van der Waals surface area contributed by atoms with E-state index in [2.05, 4.69) is 15.0 Å². The van der Waals surface area contributed by atoms with Crippen LogP contribution in [-0.2, 0) is 33.2 Å². The largest absolute Gasteiger partial charge is 0.494 e. The third-order valence-corrected chi connectivity index (χ3v) is 8.58. The van der Waals surface area contributed by atoms with Gasteiger partial charge in [-0.1, -0.05) is 35.9 Å². The molecule has 44 heavy (non-hydrogen) atoms. The number of nitrogens with zero attached hydrogens (tertiary/aromatic N) is 5. The maximum atomic E-state index is 13.8. The Kier molecular flexibility index (Phi) is 8.92. The second-order valence-corrected chi connectivity index (χ2v) is 11.9. The first-order chi connectivity index (χ1) is 21.1. The van der Waals surface area contributed by atoms with Crippen molar-refractivity contribution in [2.75, 3.05) is 16.8 Å².